The highest BCUT2D eigenvalue weighted by molar-refractivity contribution is 5.82. The van der Waals surface area contributed by atoms with Crippen LogP contribution in [0.1, 0.15) is 24.8 Å². The minimum atomic E-state index is -0.213. The summed E-state index contributed by atoms with van der Waals surface area (Å²) in [4.78, 5) is 17.1. The predicted molar refractivity (Wildman–Crippen MR) is 83.9 cm³/mol. The highest BCUT2D eigenvalue weighted by atomic mass is 19.1. The largest absolute Gasteiger partial charge is 0.340 e. The SMILES string of the molecule is O=C(C1CCCN1Cc1ccc(F)cc1)N1CCCNCC1. The molecule has 2 heterocycles. The first-order valence-electron chi connectivity index (χ1n) is 8.22. The van der Waals surface area contributed by atoms with Gasteiger partial charge in [0.1, 0.15) is 5.82 Å². The van der Waals surface area contributed by atoms with Gasteiger partial charge >= 0.3 is 0 Å². The Hall–Kier alpha value is -1.46. The van der Waals surface area contributed by atoms with Gasteiger partial charge in [-0.2, -0.15) is 0 Å². The van der Waals surface area contributed by atoms with Crippen LogP contribution >= 0.6 is 0 Å². The summed E-state index contributed by atoms with van der Waals surface area (Å²) < 4.78 is 13.0. The van der Waals surface area contributed by atoms with E-state index in [0.717, 1.165) is 64.1 Å². The van der Waals surface area contributed by atoms with Gasteiger partial charge in [0.25, 0.3) is 0 Å². The molecule has 4 nitrogen and oxygen atoms in total. The Morgan fingerprint density at radius 3 is 2.77 bits per heavy atom. The van der Waals surface area contributed by atoms with Gasteiger partial charge in [0, 0.05) is 26.2 Å². The molecule has 2 fully saturated rings. The first kappa shape index (κ1) is 15.4. The summed E-state index contributed by atoms with van der Waals surface area (Å²) >= 11 is 0. The second kappa shape index (κ2) is 7.20. The number of benzene rings is 1. The molecule has 22 heavy (non-hydrogen) atoms. The lowest BCUT2D eigenvalue weighted by atomic mass is 10.1. The monoisotopic (exact) mass is 305 g/mol. The molecular formula is C17H24FN3O. The summed E-state index contributed by atoms with van der Waals surface area (Å²) in [6, 6.07) is 6.59. The molecule has 1 N–H and O–H groups in total. The lowest BCUT2D eigenvalue weighted by Crippen LogP contribution is -2.46. The van der Waals surface area contributed by atoms with Crippen molar-refractivity contribution in [3.05, 3.63) is 35.6 Å². The topological polar surface area (TPSA) is 35.6 Å². The van der Waals surface area contributed by atoms with Crippen LogP contribution in [0.3, 0.4) is 0 Å². The summed E-state index contributed by atoms with van der Waals surface area (Å²) in [5.41, 5.74) is 1.07. The molecule has 2 aliphatic heterocycles. The number of carbonyl (C=O) groups excluding carboxylic acids is 1. The number of hydrogen-bond acceptors (Lipinski definition) is 3. The predicted octanol–water partition coefficient (Wildman–Crippen LogP) is 1.61. The van der Waals surface area contributed by atoms with Crippen LogP contribution in [-0.2, 0) is 11.3 Å². The molecule has 1 amide bonds. The third kappa shape index (κ3) is 3.65. The molecule has 120 valence electrons. The number of nitrogens with zero attached hydrogens (tertiary/aromatic N) is 2. The summed E-state index contributed by atoms with van der Waals surface area (Å²) in [5, 5.41) is 3.34. The zero-order valence-electron chi connectivity index (χ0n) is 12.9. The van der Waals surface area contributed by atoms with Crippen molar-refractivity contribution in [2.75, 3.05) is 32.7 Å². The molecule has 1 aromatic rings. The van der Waals surface area contributed by atoms with Crippen LogP contribution in [0, 0.1) is 5.82 Å². The fourth-order valence-electron chi connectivity index (χ4n) is 3.40. The molecular weight excluding hydrogens is 281 g/mol. The second-order valence-electron chi connectivity index (χ2n) is 6.18. The maximum Gasteiger partial charge on any atom is 0.239 e. The van der Waals surface area contributed by atoms with E-state index < -0.39 is 0 Å². The van der Waals surface area contributed by atoms with Crippen LogP contribution < -0.4 is 5.32 Å². The Bertz CT molecular complexity index is 497. The average molecular weight is 305 g/mol. The lowest BCUT2D eigenvalue weighted by Gasteiger charge is -2.29. The summed E-state index contributed by atoms with van der Waals surface area (Å²) in [6.07, 6.45) is 3.02. The van der Waals surface area contributed by atoms with E-state index in [2.05, 4.69) is 10.2 Å². The number of rotatable bonds is 3. The Morgan fingerprint density at radius 1 is 1.14 bits per heavy atom. The normalized spacial score (nSPS) is 23.5. The summed E-state index contributed by atoms with van der Waals surface area (Å²) in [6.45, 7) is 5.21. The van der Waals surface area contributed by atoms with Crippen molar-refractivity contribution in [2.45, 2.75) is 31.8 Å². The number of amides is 1. The van der Waals surface area contributed by atoms with E-state index >= 15 is 0 Å². The lowest BCUT2D eigenvalue weighted by molar-refractivity contribution is -0.136. The van der Waals surface area contributed by atoms with E-state index in [9.17, 15) is 9.18 Å². The zero-order chi connectivity index (χ0) is 15.4. The maximum atomic E-state index is 13.0. The Balaban J connectivity index is 1.64. The van der Waals surface area contributed by atoms with Gasteiger partial charge in [-0.3, -0.25) is 9.69 Å². The Morgan fingerprint density at radius 2 is 1.95 bits per heavy atom. The van der Waals surface area contributed by atoms with E-state index in [1.165, 1.54) is 12.1 Å². The molecule has 0 aliphatic carbocycles. The van der Waals surface area contributed by atoms with Crippen LogP contribution in [0.2, 0.25) is 0 Å². The Kier molecular flexibility index (Phi) is 5.05. The Labute approximate surface area is 131 Å². The van der Waals surface area contributed by atoms with E-state index in [1.807, 2.05) is 17.0 Å². The fourth-order valence-corrected chi connectivity index (χ4v) is 3.40. The molecule has 2 aliphatic rings. The first-order valence-corrected chi connectivity index (χ1v) is 8.22. The van der Waals surface area contributed by atoms with Crippen LogP contribution in [0.5, 0.6) is 0 Å². The number of hydrogen-bond donors (Lipinski definition) is 1. The smallest absolute Gasteiger partial charge is 0.239 e. The van der Waals surface area contributed by atoms with Crippen LogP contribution in [0.25, 0.3) is 0 Å². The third-order valence-electron chi connectivity index (χ3n) is 4.60. The van der Waals surface area contributed by atoms with Crippen molar-refractivity contribution in [1.82, 2.24) is 15.1 Å². The fraction of sp³-hybridized carbons (Fsp3) is 0.588. The van der Waals surface area contributed by atoms with Gasteiger partial charge in [0.15, 0.2) is 0 Å². The number of halogens is 1. The summed E-state index contributed by atoms with van der Waals surface area (Å²) in [7, 11) is 0. The number of carbonyl (C=O) groups is 1. The van der Waals surface area contributed by atoms with Crippen LogP contribution in [-0.4, -0.2) is 54.5 Å². The van der Waals surface area contributed by atoms with E-state index in [-0.39, 0.29) is 17.8 Å². The minimum absolute atomic E-state index is 0.0110. The van der Waals surface area contributed by atoms with Gasteiger partial charge in [0.2, 0.25) is 5.91 Å². The molecule has 0 spiro atoms. The van der Waals surface area contributed by atoms with E-state index in [1.54, 1.807) is 0 Å². The number of likely N-dealkylation sites (tertiary alicyclic amines) is 1. The highest BCUT2D eigenvalue weighted by Gasteiger charge is 2.33. The molecule has 1 aromatic carbocycles. The molecule has 5 heteroatoms. The van der Waals surface area contributed by atoms with Crippen molar-refractivity contribution < 1.29 is 9.18 Å². The first-order chi connectivity index (χ1) is 10.7. The van der Waals surface area contributed by atoms with E-state index in [0.29, 0.717) is 0 Å². The molecule has 0 saturated carbocycles. The average Bonchev–Trinajstić information content (AvgIpc) is 2.81. The van der Waals surface area contributed by atoms with Gasteiger partial charge in [0.05, 0.1) is 6.04 Å². The molecule has 3 rings (SSSR count). The van der Waals surface area contributed by atoms with Crippen molar-refractivity contribution >= 4 is 5.91 Å². The molecule has 0 bridgehead atoms. The van der Waals surface area contributed by atoms with Crippen molar-refractivity contribution in [1.29, 1.82) is 0 Å². The van der Waals surface area contributed by atoms with Crippen molar-refractivity contribution in [3.63, 3.8) is 0 Å². The van der Waals surface area contributed by atoms with Crippen molar-refractivity contribution in [2.24, 2.45) is 0 Å². The zero-order valence-corrected chi connectivity index (χ0v) is 12.9. The van der Waals surface area contributed by atoms with Gasteiger partial charge in [-0.25, -0.2) is 4.39 Å². The third-order valence-corrected chi connectivity index (χ3v) is 4.60. The maximum absolute atomic E-state index is 13.0. The standard InChI is InChI=1S/C17H24FN3O/c18-15-6-4-14(5-7-15)13-21-10-1-3-16(21)17(22)20-11-2-8-19-9-12-20/h4-7,16,19H,1-3,8-13H2. The van der Waals surface area contributed by atoms with Gasteiger partial charge in [-0.15, -0.1) is 0 Å². The molecule has 1 unspecified atom stereocenters. The van der Waals surface area contributed by atoms with Gasteiger partial charge < -0.3 is 10.2 Å². The quantitative estimate of drug-likeness (QED) is 0.921. The van der Waals surface area contributed by atoms with Crippen molar-refractivity contribution in [3.8, 4) is 0 Å². The second-order valence-corrected chi connectivity index (χ2v) is 6.18. The van der Waals surface area contributed by atoms with E-state index in [4.69, 9.17) is 0 Å². The highest BCUT2D eigenvalue weighted by Crippen LogP contribution is 2.22. The minimum Gasteiger partial charge on any atom is -0.340 e. The molecule has 2 saturated heterocycles. The molecule has 0 radical (unpaired) electrons. The summed E-state index contributed by atoms with van der Waals surface area (Å²) in [5.74, 6) is 0.0539. The molecule has 0 aromatic heterocycles. The number of nitrogens with one attached hydrogen (secondary N) is 1. The van der Waals surface area contributed by atoms with Crippen LogP contribution in [0.15, 0.2) is 24.3 Å². The van der Waals surface area contributed by atoms with Crippen LogP contribution in [0.4, 0.5) is 4.39 Å². The molecule has 1 atom stereocenters. The van der Waals surface area contributed by atoms with Gasteiger partial charge in [-0.1, -0.05) is 12.1 Å². The van der Waals surface area contributed by atoms with Gasteiger partial charge in [-0.05, 0) is 50.0 Å².